The van der Waals surface area contributed by atoms with Gasteiger partial charge < -0.3 is 14.6 Å². The molecule has 0 aromatic carbocycles. The molecule has 1 N–H and O–H groups in total. The number of rotatable bonds is 6. The van der Waals surface area contributed by atoms with Crippen LogP contribution in [0.5, 0.6) is 0 Å². The average molecular weight is 346 g/mol. The van der Waals surface area contributed by atoms with E-state index in [0.29, 0.717) is 11.5 Å². The van der Waals surface area contributed by atoms with Crippen molar-refractivity contribution in [3.05, 3.63) is 23.0 Å². The highest BCUT2D eigenvalue weighted by Gasteiger charge is 2.42. The zero-order chi connectivity index (χ0) is 18.1. The Morgan fingerprint density at radius 3 is 2.64 bits per heavy atom. The van der Waals surface area contributed by atoms with Crippen LogP contribution in [0, 0.1) is 31.6 Å². The SMILES string of the molecule is CCn1c(C)cc(C(=O)OCC(=O)N[C@@H](C)[C@@H]2C[C@H]3CC[C@H]2C3)c1C. The molecule has 5 heteroatoms. The number of fused-ring (bicyclic) bond motifs is 2. The largest absolute Gasteiger partial charge is 0.452 e. The molecule has 2 fully saturated rings. The van der Waals surface area contributed by atoms with Crippen molar-refractivity contribution in [2.45, 2.75) is 66.0 Å². The zero-order valence-corrected chi connectivity index (χ0v) is 15.8. The van der Waals surface area contributed by atoms with E-state index in [1.165, 1.54) is 25.7 Å². The third-order valence-corrected chi connectivity index (χ3v) is 6.27. The van der Waals surface area contributed by atoms with Crippen LogP contribution in [0.1, 0.15) is 61.3 Å². The number of amides is 1. The summed E-state index contributed by atoms with van der Waals surface area (Å²) < 4.78 is 7.31. The van der Waals surface area contributed by atoms with Gasteiger partial charge in [0.15, 0.2) is 6.61 Å². The van der Waals surface area contributed by atoms with Gasteiger partial charge in [-0.05, 0) is 70.8 Å². The fraction of sp³-hybridized carbons (Fsp3) is 0.700. The van der Waals surface area contributed by atoms with Crippen molar-refractivity contribution < 1.29 is 14.3 Å². The number of hydrogen-bond donors (Lipinski definition) is 1. The number of hydrogen-bond acceptors (Lipinski definition) is 3. The first kappa shape index (κ1) is 18.0. The smallest absolute Gasteiger partial charge is 0.340 e. The standard InChI is InChI=1S/C20H30N2O3/c1-5-22-12(2)8-18(14(22)4)20(24)25-11-19(23)21-13(3)17-10-15-6-7-16(17)9-15/h8,13,15-17H,5-7,9-11H2,1-4H3,(H,21,23)/t13-,15-,16-,17-/m0/s1. The van der Waals surface area contributed by atoms with Crippen molar-refractivity contribution in [2.24, 2.45) is 17.8 Å². The number of nitrogens with one attached hydrogen (secondary N) is 1. The van der Waals surface area contributed by atoms with Crippen LogP contribution >= 0.6 is 0 Å². The molecule has 2 aliphatic carbocycles. The second-order valence-electron chi connectivity index (χ2n) is 7.80. The molecule has 5 nitrogen and oxygen atoms in total. The number of aromatic nitrogens is 1. The highest BCUT2D eigenvalue weighted by molar-refractivity contribution is 5.92. The summed E-state index contributed by atoms with van der Waals surface area (Å²) in [6.45, 7) is 8.60. The minimum Gasteiger partial charge on any atom is -0.452 e. The Hall–Kier alpha value is -1.78. The van der Waals surface area contributed by atoms with E-state index >= 15 is 0 Å². The molecule has 1 aromatic heterocycles. The van der Waals surface area contributed by atoms with Crippen LogP contribution in [-0.2, 0) is 16.1 Å². The molecule has 1 heterocycles. The van der Waals surface area contributed by atoms with Crippen LogP contribution in [0.2, 0.25) is 0 Å². The molecule has 0 spiro atoms. The molecule has 0 aliphatic heterocycles. The highest BCUT2D eigenvalue weighted by Crippen LogP contribution is 2.49. The second-order valence-corrected chi connectivity index (χ2v) is 7.80. The lowest BCUT2D eigenvalue weighted by Crippen LogP contribution is -2.42. The summed E-state index contributed by atoms with van der Waals surface area (Å²) >= 11 is 0. The van der Waals surface area contributed by atoms with E-state index in [1.54, 1.807) is 0 Å². The molecule has 0 radical (unpaired) electrons. The van der Waals surface area contributed by atoms with Gasteiger partial charge in [-0.15, -0.1) is 0 Å². The molecule has 25 heavy (non-hydrogen) atoms. The first-order valence-electron chi connectivity index (χ1n) is 9.53. The van der Waals surface area contributed by atoms with Gasteiger partial charge in [-0.2, -0.15) is 0 Å². The van der Waals surface area contributed by atoms with Crippen LogP contribution in [0.25, 0.3) is 0 Å². The molecular formula is C20H30N2O3. The molecule has 138 valence electrons. The van der Waals surface area contributed by atoms with Crippen LogP contribution in [0.4, 0.5) is 0 Å². The maximum atomic E-state index is 12.3. The summed E-state index contributed by atoms with van der Waals surface area (Å²) in [6, 6.07) is 1.99. The van der Waals surface area contributed by atoms with Gasteiger partial charge in [0.2, 0.25) is 0 Å². The first-order valence-corrected chi connectivity index (χ1v) is 9.53. The average Bonchev–Trinajstić information content (AvgIpc) is 3.27. The third kappa shape index (κ3) is 3.60. The fourth-order valence-electron chi connectivity index (χ4n) is 5.01. The Balaban J connectivity index is 1.49. The Kier molecular flexibility index (Phi) is 5.21. The van der Waals surface area contributed by atoms with E-state index in [1.807, 2.05) is 26.8 Å². The Morgan fingerprint density at radius 1 is 1.32 bits per heavy atom. The second kappa shape index (κ2) is 7.22. The predicted octanol–water partition coefficient (Wildman–Crippen LogP) is 3.22. The monoisotopic (exact) mass is 346 g/mol. The van der Waals surface area contributed by atoms with Gasteiger partial charge in [-0.25, -0.2) is 4.79 Å². The molecule has 1 amide bonds. The Bertz CT molecular complexity index is 664. The van der Waals surface area contributed by atoms with Crippen molar-refractivity contribution in [3.8, 4) is 0 Å². The Morgan fingerprint density at radius 2 is 2.08 bits per heavy atom. The lowest BCUT2D eigenvalue weighted by molar-refractivity contribution is -0.125. The minimum absolute atomic E-state index is 0.159. The lowest BCUT2D eigenvalue weighted by atomic mass is 9.84. The van der Waals surface area contributed by atoms with Crippen LogP contribution < -0.4 is 5.32 Å². The molecule has 2 saturated carbocycles. The highest BCUT2D eigenvalue weighted by atomic mass is 16.5. The van der Waals surface area contributed by atoms with Gasteiger partial charge in [0, 0.05) is 24.0 Å². The van der Waals surface area contributed by atoms with Crippen molar-refractivity contribution >= 4 is 11.9 Å². The molecule has 3 rings (SSSR count). The van der Waals surface area contributed by atoms with Gasteiger partial charge >= 0.3 is 5.97 Å². The van der Waals surface area contributed by atoms with Crippen LogP contribution in [-0.4, -0.2) is 29.1 Å². The maximum Gasteiger partial charge on any atom is 0.340 e. The van der Waals surface area contributed by atoms with Crippen molar-refractivity contribution in [1.29, 1.82) is 0 Å². The van der Waals surface area contributed by atoms with Crippen molar-refractivity contribution in [3.63, 3.8) is 0 Å². The first-order chi connectivity index (χ1) is 11.9. The number of carbonyl (C=O) groups excluding carboxylic acids is 2. The summed E-state index contributed by atoms with van der Waals surface area (Å²) in [5, 5.41) is 3.03. The van der Waals surface area contributed by atoms with Crippen LogP contribution in [0.15, 0.2) is 6.07 Å². The summed E-state index contributed by atoms with van der Waals surface area (Å²) in [7, 11) is 0. The number of nitrogens with zero attached hydrogens (tertiary/aromatic N) is 1. The van der Waals surface area contributed by atoms with E-state index in [-0.39, 0.29) is 18.6 Å². The minimum atomic E-state index is -0.421. The molecule has 2 bridgehead atoms. The number of esters is 1. The molecule has 0 unspecified atom stereocenters. The summed E-state index contributed by atoms with van der Waals surface area (Å²) in [5.74, 6) is 1.59. The number of ether oxygens (including phenoxy) is 1. The van der Waals surface area contributed by atoms with Gasteiger partial charge in [0.1, 0.15) is 0 Å². The van der Waals surface area contributed by atoms with Crippen molar-refractivity contribution in [1.82, 2.24) is 9.88 Å². The summed E-state index contributed by atoms with van der Waals surface area (Å²) in [5.41, 5.74) is 2.47. The zero-order valence-electron chi connectivity index (χ0n) is 15.8. The van der Waals surface area contributed by atoms with Crippen LogP contribution in [0.3, 0.4) is 0 Å². The van der Waals surface area contributed by atoms with E-state index in [2.05, 4.69) is 16.8 Å². The van der Waals surface area contributed by atoms with Gasteiger partial charge in [-0.3, -0.25) is 4.79 Å². The topological polar surface area (TPSA) is 60.3 Å². The van der Waals surface area contributed by atoms with E-state index in [9.17, 15) is 9.59 Å². The lowest BCUT2D eigenvalue weighted by Gasteiger charge is -2.28. The number of aryl methyl sites for hydroxylation is 1. The normalized spacial score (nSPS) is 25.8. The van der Waals surface area contributed by atoms with Crippen molar-refractivity contribution in [2.75, 3.05) is 6.61 Å². The van der Waals surface area contributed by atoms with E-state index < -0.39 is 5.97 Å². The Labute approximate surface area is 150 Å². The molecule has 4 atom stereocenters. The molecular weight excluding hydrogens is 316 g/mol. The molecule has 2 aliphatic rings. The van der Waals surface area contributed by atoms with Gasteiger partial charge in [0.05, 0.1) is 5.56 Å². The van der Waals surface area contributed by atoms with E-state index in [4.69, 9.17) is 4.74 Å². The molecule has 1 aromatic rings. The van der Waals surface area contributed by atoms with Gasteiger partial charge in [0.25, 0.3) is 5.91 Å². The quantitative estimate of drug-likeness (QED) is 0.805. The number of carbonyl (C=O) groups is 2. The summed E-state index contributed by atoms with van der Waals surface area (Å²) in [4.78, 5) is 24.5. The summed E-state index contributed by atoms with van der Waals surface area (Å²) in [6.07, 6.45) is 5.22. The van der Waals surface area contributed by atoms with Gasteiger partial charge in [-0.1, -0.05) is 6.42 Å². The fourth-order valence-corrected chi connectivity index (χ4v) is 5.01. The maximum absolute atomic E-state index is 12.3. The predicted molar refractivity (Wildman–Crippen MR) is 96.4 cm³/mol. The molecule has 0 saturated heterocycles. The third-order valence-electron chi connectivity index (χ3n) is 6.27. The van der Waals surface area contributed by atoms with E-state index in [0.717, 1.165) is 29.8 Å².